The van der Waals surface area contributed by atoms with Crippen molar-refractivity contribution in [2.45, 2.75) is 6.61 Å². The van der Waals surface area contributed by atoms with Crippen LogP contribution in [0.2, 0.25) is 10.0 Å². The van der Waals surface area contributed by atoms with Crippen LogP contribution < -0.4 is 9.64 Å². The molecule has 0 N–H and O–H groups in total. The molecule has 1 fully saturated rings. The maximum Gasteiger partial charge on any atom is 0.298 e. The number of anilines is 1. The Morgan fingerprint density at radius 1 is 0.969 bits per heavy atom. The van der Waals surface area contributed by atoms with Gasteiger partial charge in [-0.05, 0) is 105 Å². The van der Waals surface area contributed by atoms with Crippen molar-refractivity contribution in [1.29, 1.82) is 0 Å². The maximum atomic E-state index is 12.8. The molecule has 2 amide bonds. The molecule has 4 rings (SSSR count). The van der Waals surface area contributed by atoms with Crippen molar-refractivity contribution in [3.8, 4) is 5.75 Å². The summed E-state index contributed by atoms with van der Waals surface area (Å²) in [6.45, 7) is 0.303. The molecule has 3 aromatic carbocycles. The number of halogens is 4. The Balaban J connectivity index is 1.55. The number of nitrogens with zero attached hydrogens (tertiary/aromatic N) is 1. The quantitative estimate of drug-likeness (QED) is 0.199. The summed E-state index contributed by atoms with van der Waals surface area (Å²) in [5.74, 6) is 0.403. The molecule has 1 saturated heterocycles. The zero-order valence-corrected chi connectivity index (χ0v) is 22.8. The number of para-hydroxylation sites is 1. The molecule has 0 aromatic heterocycles. The van der Waals surface area contributed by atoms with Crippen molar-refractivity contribution >= 4 is 103 Å². The number of amides is 2. The first kappa shape index (κ1) is 23.9. The van der Waals surface area contributed by atoms with Crippen LogP contribution in [0.5, 0.6) is 5.75 Å². The van der Waals surface area contributed by atoms with Gasteiger partial charge in [-0.2, -0.15) is 0 Å². The summed E-state index contributed by atoms with van der Waals surface area (Å²) in [6, 6.07) is 18.0. The van der Waals surface area contributed by atoms with Crippen molar-refractivity contribution in [2.75, 3.05) is 4.90 Å². The van der Waals surface area contributed by atoms with Gasteiger partial charge in [-0.1, -0.05) is 47.5 Å². The highest BCUT2D eigenvalue weighted by Crippen LogP contribution is 2.37. The molecule has 1 heterocycles. The van der Waals surface area contributed by atoms with Gasteiger partial charge in [0.15, 0.2) is 0 Å². The van der Waals surface area contributed by atoms with Crippen LogP contribution in [0.4, 0.5) is 10.5 Å². The number of carbonyl (C=O) groups excluding carboxylic acids is 2. The van der Waals surface area contributed by atoms with Gasteiger partial charge in [0.05, 0.1) is 17.7 Å². The summed E-state index contributed by atoms with van der Waals surface area (Å²) in [5.41, 5.74) is 2.21. The van der Waals surface area contributed by atoms with E-state index in [2.05, 4.69) is 45.2 Å². The fraction of sp³-hybridized carbons (Fsp3) is 0.0435. The van der Waals surface area contributed by atoms with E-state index in [1.165, 1.54) is 4.90 Å². The smallest absolute Gasteiger partial charge is 0.298 e. The Labute approximate surface area is 226 Å². The van der Waals surface area contributed by atoms with E-state index in [9.17, 15) is 9.59 Å². The third-order valence-corrected chi connectivity index (χ3v) is 7.57. The highest BCUT2D eigenvalue weighted by molar-refractivity contribution is 14.1. The van der Waals surface area contributed by atoms with Crippen LogP contribution in [0.1, 0.15) is 11.1 Å². The Morgan fingerprint density at radius 3 is 2.31 bits per heavy atom. The summed E-state index contributed by atoms with van der Waals surface area (Å²) in [5, 5.41) is 0.814. The van der Waals surface area contributed by atoms with Crippen molar-refractivity contribution in [1.82, 2.24) is 0 Å². The lowest BCUT2D eigenvalue weighted by molar-refractivity contribution is -0.113. The van der Waals surface area contributed by atoms with Crippen LogP contribution in [0, 0.1) is 7.14 Å². The molecule has 32 heavy (non-hydrogen) atoms. The number of ether oxygens (including phenoxy) is 1. The Kier molecular flexibility index (Phi) is 7.71. The monoisotopic (exact) mass is 707 g/mol. The average Bonchev–Trinajstić information content (AvgIpc) is 3.02. The lowest BCUT2D eigenvalue weighted by atomic mass is 10.2. The molecule has 0 radical (unpaired) electrons. The van der Waals surface area contributed by atoms with Crippen molar-refractivity contribution in [2.24, 2.45) is 0 Å². The van der Waals surface area contributed by atoms with Gasteiger partial charge < -0.3 is 4.74 Å². The van der Waals surface area contributed by atoms with E-state index in [1.54, 1.807) is 42.5 Å². The summed E-state index contributed by atoms with van der Waals surface area (Å²) >= 11 is 17.5. The predicted molar refractivity (Wildman–Crippen MR) is 148 cm³/mol. The molecule has 162 valence electrons. The largest absolute Gasteiger partial charge is 0.487 e. The average molecular weight is 708 g/mol. The van der Waals surface area contributed by atoms with Crippen LogP contribution in [0.3, 0.4) is 0 Å². The van der Waals surface area contributed by atoms with E-state index in [1.807, 2.05) is 24.3 Å². The molecule has 0 atom stereocenters. The van der Waals surface area contributed by atoms with Gasteiger partial charge in [-0.3, -0.25) is 9.59 Å². The molecule has 4 nitrogen and oxygen atoms in total. The molecular weight excluding hydrogens is 695 g/mol. The predicted octanol–water partition coefficient (Wildman–Crippen LogP) is 8.02. The standard InChI is InChI=1S/C23H13Cl2I2NO3S/c24-15-7-6-14(17(25)11-15)12-31-21-18(26)8-13(9-19(21)27)10-20-22(29)28(23(30)32-20)16-4-2-1-3-5-16/h1-11H,12H2/b20-10-. The molecule has 0 bridgehead atoms. The zero-order chi connectivity index (χ0) is 22.8. The molecule has 0 aliphatic carbocycles. The summed E-state index contributed by atoms with van der Waals surface area (Å²) < 4.78 is 7.78. The number of hydrogen-bond acceptors (Lipinski definition) is 4. The number of hydrogen-bond donors (Lipinski definition) is 0. The molecule has 1 aliphatic rings. The van der Waals surface area contributed by atoms with Gasteiger partial charge in [-0.25, -0.2) is 4.90 Å². The van der Waals surface area contributed by atoms with Gasteiger partial charge in [-0.15, -0.1) is 0 Å². The lowest BCUT2D eigenvalue weighted by Gasteiger charge is -2.13. The zero-order valence-electron chi connectivity index (χ0n) is 16.2. The van der Waals surface area contributed by atoms with Gasteiger partial charge in [0.25, 0.3) is 11.1 Å². The van der Waals surface area contributed by atoms with Gasteiger partial charge in [0.2, 0.25) is 0 Å². The Hall–Kier alpha value is -1.27. The molecule has 0 saturated carbocycles. The number of rotatable bonds is 5. The molecule has 1 aliphatic heterocycles. The van der Waals surface area contributed by atoms with Crippen LogP contribution in [-0.2, 0) is 11.4 Å². The molecule has 9 heteroatoms. The Bertz CT molecular complexity index is 1230. The van der Waals surface area contributed by atoms with E-state index in [4.69, 9.17) is 27.9 Å². The minimum atomic E-state index is -0.325. The number of thioether (sulfide) groups is 1. The topological polar surface area (TPSA) is 46.6 Å². The third-order valence-electron chi connectivity index (χ3n) is 4.51. The normalized spacial score (nSPS) is 15.0. The Morgan fingerprint density at radius 2 is 1.66 bits per heavy atom. The van der Waals surface area contributed by atoms with Crippen LogP contribution in [-0.4, -0.2) is 11.1 Å². The molecule has 0 unspecified atom stereocenters. The van der Waals surface area contributed by atoms with Crippen molar-refractivity contribution in [3.05, 3.63) is 93.9 Å². The van der Waals surface area contributed by atoms with Crippen LogP contribution >= 0.6 is 80.1 Å². The second kappa shape index (κ2) is 10.3. The molecule has 0 spiro atoms. The van der Waals surface area contributed by atoms with Gasteiger partial charge in [0, 0.05) is 15.6 Å². The van der Waals surface area contributed by atoms with E-state index in [0.717, 1.165) is 35.8 Å². The number of carbonyl (C=O) groups is 2. The maximum absolute atomic E-state index is 12.8. The van der Waals surface area contributed by atoms with Crippen molar-refractivity contribution < 1.29 is 14.3 Å². The fourth-order valence-corrected chi connectivity index (χ4v) is 6.44. The minimum absolute atomic E-state index is 0.303. The summed E-state index contributed by atoms with van der Waals surface area (Å²) in [6.07, 6.45) is 1.73. The van der Waals surface area contributed by atoms with Crippen LogP contribution in [0.25, 0.3) is 6.08 Å². The highest BCUT2D eigenvalue weighted by Gasteiger charge is 2.36. The van der Waals surface area contributed by atoms with Gasteiger partial charge in [0.1, 0.15) is 12.4 Å². The highest BCUT2D eigenvalue weighted by atomic mass is 127. The molecule has 3 aromatic rings. The van der Waals surface area contributed by atoms with E-state index < -0.39 is 0 Å². The number of benzene rings is 3. The van der Waals surface area contributed by atoms with E-state index >= 15 is 0 Å². The summed E-state index contributed by atoms with van der Waals surface area (Å²) in [4.78, 5) is 26.8. The summed E-state index contributed by atoms with van der Waals surface area (Å²) in [7, 11) is 0. The second-order valence-corrected chi connectivity index (χ2v) is 10.9. The van der Waals surface area contributed by atoms with E-state index in [-0.39, 0.29) is 11.1 Å². The first-order valence-corrected chi connectivity index (χ1v) is 13.0. The minimum Gasteiger partial charge on any atom is -0.487 e. The van der Waals surface area contributed by atoms with E-state index in [0.29, 0.717) is 27.2 Å². The van der Waals surface area contributed by atoms with Crippen LogP contribution in [0.15, 0.2) is 65.6 Å². The first-order chi connectivity index (χ1) is 15.3. The second-order valence-electron chi connectivity index (χ2n) is 6.69. The lowest BCUT2D eigenvalue weighted by Crippen LogP contribution is -2.27. The number of imide groups is 1. The molecular formula is C23H13Cl2I2NO3S. The first-order valence-electron chi connectivity index (χ1n) is 9.22. The van der Waals surface area contributed by atoms with Crippen molar-refractivity contribution in [3.63, 3.8) is 0 Å². The SMILES string of the molecule is O=C1S/C(=C\c2cc(I)c(OCc3ccc(Cl)cc3Cl)c(I)c2)C(=O)N1c1ccccc1. The fourth-order valence-electron chi connectivity index (χ4n) is 3.01. The third kappa shape index (κ3) is 5.27. The van der Waals surface area contributed by atoms with Gasteiger partial charge >= 0.3 is 0 Å².